The van der Waals surface area contributed by atoms with Crippen LogP contribution in [0.4, 0.5) is 10.1 Å². The van der Waals surface area contributed by atoms with E-state index in [1.807, 2.05) is 4.90 Å². The van der Waals surface area contributed by atoms with Crippen molar-refractivity contribution in [3.8, 4) is 17.0 Å². The van der Waals surface area contributed by atoms with Gasteiger partial charge in [-0.05, 0) is 56.8 Å². The van der Waals surface area contributed by atoms with Crippen molar-refractivity contribution in [1.82, 2.24) is 24.7 Å². The van der Waals surface area contributed by atoms with Gasteiger partial charge in [0.25, 0.3) is 5.91 Å². The number of aromatic hydroxyl groups is 1. The number of anilines is 1. The van der Waals surface area contributed by atoms with Gasteiger partial charge < -0.3 is 30.1 Å². The van der Waals surface area contributed by atoms with Gasteiger partial charge >= 0.3 is 0 Å². The molecule has 1 aromatic heterocycles. The summed E-state index contributed by atoms with van der Waals surface area (Å²) in [5.74, 6) is -1.42. The summed E-state index contributed by atoms with van der Waals surface area (Å²) >= 11 is 11.7. The number of piperazine rings is 1. The topological polar surface area (TPSA) is 120 Å². The monoisotopic (exact) mass is 842 g/mol. The zero-order chi connectivity index (χ0) is 29.7. The van der Waals surface area contributed by atoms with Gasteiger partial charge in [-0.2, -0.15) is 0 Å². The number of aldehydes is 1. The number of amides is 2. The molecule has 2 aliphatic rings. The van der Waals surface area contributed by atoms with E-state index < -0.39 is 16.7 Å². The Morgan fingerprint density at radius 3 is 2.48 bits per heavy atom. The molecule has 2 aliphatic heterocycles. The second kappa shape index (κ2) is 15.3. The van der Waals surface area contributed by atoms with E-state index >= 15 is 0 Å². The largest absolute Gasteiger partial charge is 0.506 e. The number of phenols is 1. The zero-order valence-corrected chi connectivity index (χ0v) is 28.8. The molecule has 0 aliphatic carbocycles. The first-order valence-electron chi connectivity index (χ1n) is 13.1. The fraction of sp³-hybridized carbons (Fsp3) is 0.357. The predicted octanol–water partition coefficient (Wildman–Crippen LogP) is 3.82. The molecule has 2 saturated heterocycles. The molecule has 3 aromatic rings. The summed E-state index contributed by atoms with van der Waals surface area (Å²) < 4.78 is 15.7. The number of imidazole rings is 1. The van der Waals surface area contributed by atoms with Crippen molar-refractivity contribution in [2.45, 2.75) is 18.9 Å². The number of likely N-dealkylation sites (N-methyl/N-ethyl adjacent to an activating group) is 1. The van der Waals surface area contributed by atoms with E-state index in [0.717, 1.165) is 45.6 Å². The van der Waals surface area contributed by atoms with Crippen LogP contribution >= 0.6 is 23.2 Å². The molecule has 2 fully saturated rings. The molecule has 3 N–H and O–H groups in total. The van der Waals surface area contributed by atoms with Crippen LogP contribution in [0.3, 0.4) is 0 Å². The molecule has 1 atom stereocenters. The summed E-state index contributed by atoms with van der Waals surface area (Å²) in [6.45, 7) is 4.82. The van der Waals surface area contributed by atoms with Gasteiger partial charge in [0, 0.05) is 81.2 Å². The molecule has 2 amide bonds. The Labute approximate surface area is 276 Å². The van der Waals surface area contributed by atoms with E-state index in [1.165, 1.54) is 41.1 Å². The molecule has 42 heavy (non-hydrogen) atoms. The van der Waals surface area contributed by atoms with E-state index in [1.54, 1.807) is 7.05 Å². The molecule has 3 heterocycles. The molecule has 10 nitrogen and oxygen atoms in total. The maximum Gasteiger partial charge on any atom is 0.291 e. The summed E-state index contributed by atoms with van der Waals surface area (Å²) in [5, 5.41) is 15.1. The van der Waals surface area contributed by atoms with Crippen LogP contribution in [0.25, 0.3) is 11.3 Å². The van der Waals surface area contributed by atoms with E-state index in [-0.39, 0.29) is 59.3 Å². The maximum absolute atomic E-state index is 14.3. The molecule has 0 bridgehead atoms. The van der Waals surface area contributed by atoms with Gasteiger partial charge in [0.15, 0.2) is 17.9 Å². The first-order chi connectivity index (χ1) is 19.6. The number of nitrogens with zero attached hydrogens (tertiary/aromatic N) is 4. The molecule has 2 aromatic carbocycles. The van der Waals surface area contributed by atoms with Crippen LogP contribution in [0.2, 0.25) is 10.0 Å². The molecule has 0 saturated carbocycles. The van der Waals surface area contributed by atoms with Crippen LogP contribution in [0.5, 0.6) is 5.75 Å². The van der Waals surface area contributed by atoms with Gasteiger partial charge in [-0.3, -0.25) is 14.4 Å². The van der Waals surface area contributed by atoms with E-state index in [2.05, 4.69) is 27.6 Å². The van der Waals surface area contributed by atoms with Gasteiger partial charge in [-0.15, -0.1) is 0 Å². The summed E-state index contributed by atoms with van der Waals surface area (Å²) in [6.07, 6.45) is 4.09. The number of halogens is 3. The van der Waals surface area contributed by atoms with Crippen molar-refractivity contribution >= 4 is 47.0 Å². The molecular formula is C28H31Cl2FN6O4U. The Balaban J connectivity index is 0.000000272. The summed E-state index contributed by atoms with van der Waals surface area (Å²) in [5.41, 5.74) is 1.06. The Morgan fingerprint density at radius 1 is 1.14 bits per heavy atom. The normalized spacial score (nSPS) is 16.7. The molecule has 0 radical (unpaired) electrons. The van der Waals surface area contributed by atoms with Crippen LogP contribution in [-0.4, -0.2) is 88.4 Å². The van der Waals surface area contributed by atoms with Gasteiger partial charge in [-0.25, -0.2) is 9.37 Å². The number of phenolic OH excluding ortho intramolecular Hbond substituents is 1. The van der Waals surface area contributed by atoms with E-state index in [9.17, 15) is 23.9 Å². The number of aromatic nitrogens is 2. The minimum Gasteiger partial charge on any atom is -0.506 e. The van der Waals surface area contributed by atoms with Crippen molar-refractivity contribution < 1.29 is 55.0 Å². The zero-order valence-electron chi connectivity index (χ0n) is 23.2. The number of hydrogen-bond acceptors (Lipinski definition) is 7. The first-order valence-corrected chi connectivity index (χ1v) is 13.8. The number of hydrogen-bond donors (Lipinski definition) is 3. The van der Waals surface area contributed by atoms with Crippen LogP contribution in [0.1, 0.15) is 33.8 Å². The van der Waals surface area contributed by atoms with Gasteiger partial charge in [0.05, 0.1) is 23.0 Å². The third-order valence-corrected chi connectivity index (χ3v) is 7.77. The quantitative estimate of drug-likeness (QED) is 0.335. The molecule has 222 valence electrons. The fourth-order valence-electron chi connectivity index (χ4n) is 4.64. The molecular weight excluding hydrogens is 812 g/mol. The number of benzene rings is 2. The number of rotatable bonds is 5. The third kappa shape index (κ3) is 7.92. The fourth-order valence-corrected chi connectivity index (χ4v) is 5.03. The van der Waals surface area contributed by atoms with Crippen LogP contribution in [-0.2, 0) is 11.8 Å². The Hall–Kier alpha value is -2.46. The van der Waals surface area contributed by atoms with Crippen LogP contribution in [0, 0.1) is 36.9 Å². The summed E-state index contributed by atoms with van der Waals surface area (Å²) in [7, 11) is 3.65. The van der Waals surface area contributed by atoms with Crippen LogP contribution in [0.15, 0.2) is 36.5 Å². The second-order valence-electron chi connectivity index (χ2n) is 9.87. The number of carbonyl (C=O) groups is 3. The third-order valence-electron chi connectivity index (χ3n) is 7.09. The van der Waals surface area contributed by atoms with Crippen molar-refractivity contribution in [3.05, 3.63) is 63.8 Å². The van der Waals surface area contributed by atoms with E-state index in [4.69, 9.17) is 23.2 Å². The average molecular weight is 844 g/mol. The van der Waals surface area contributed by atoms with Gasteiger partial charge in [0.1, 0.15) is 10.8 Å². The van der Waals surface area contributed by atoms with Crippen molar-refractivity contribution in [1.29, 1.82) is 0 Å². The van der Waals surface area contributed by atoms with E-state index in [0.29, 0.717) is 29.1 Å². The average Bonchev–Trinajstić information content (AvgIpc) is 3.63. The molecule has 0 spiro atoms. The Bertz CT molecular complexity index is 1440. The minimum atomic E-state index is -0.817. The summed E-state index contributed by atoms with van der Waals surface area (Å²) in [4.78, 5) is 43.5. The Morgan fingerprint density at radius 2 is 1.86 bits per heavy atom. The van der Waals surface area contributed by atoms with Crippen LogP contribution < -0.4 is 10.6 Å². The smallest absolute Gasteiger partial charge is 0.291 e. The SMILES string of the molecule is CN1CCN(C(=O)[C@@H]2CCCN2)CC1.Cn1c(-c2ccc(O)c(Cl)c2F)cnc1C(=O)Nc1ccc(C=O)c(Cl)c1.[U]. The standard InChI is InChI=1S/C18H12Cl2FN3O3.C10H19N3O.U/c1-24-13(11-4-5-14(26)15(20)16(11)21)7-22-17(24)18(27)23-10-3-2-9(8-25)12(19)6-10;1-12-5-7-13(8-6-12)10(14)9-3-2-4-11-9;/h2-8,26H,1H3,(H,23,27);9,11H,2-8H2,1H3;/t;9-;/m.0./s1. The predicted molar refractivity (Wildman–Crippen MR) is 155 cm³/mol. The number of nitrogens with one attached hydrogen (secondary N) is 2. The minimum absolute atomic E-state index is 0. The van der Waals surface area contributed by atoms with Crippen molar-refractivity contribution in [3.63, 3.8) is 0 Å². The first kappa shape index (κ1) is 34.0. The summed E-state index contributed by atoms with van der Waals surface area (Å²) in [6, 6.07) is 7.14. The van der Waals surface area contributed by atoms with Crippen molar-refractivity contribution in [2.75, 3.05) is 45.1 Å². The second-order valence-corrected chi connectivity index (χ2v) is 10.7. The van der Waals surface area contributed by atoms with Gasteiger partial charge in [0.2, 0.25) is 5.91 Å². The molecule has 0 unspecified atom stereocenters. The maximum atomic E-state index is 14.3. The van der Waals surface area contributed by atoms with Crippen molar-refractivity contribution in [2.24, 2.45) is 7.05 Å². The number of carbonyl (C=O) groups excluding carboxylic acids is 3. The van der Waals surface area contributed by atoms with Gasteiger partial charge in [-0.1, -0.05) is 23.2 Å². The molecule has 14 heteroatoms. The molecule has 5 rings (SSSR count). The Kier molecular flexibility index (Phi) is 12.4.